The number of hydrogen-bond acceptors (Lipinski definition) is 3. The molecule has 27 heavy (non-hydrogen) atoms. The van der Waals surface area contributed by atoms with E-state index in [1.165, 1.54) is 5.56 Å². The highest BCUT2D eigenvalue weighted by Gasteiger charge is 2.23. The van der Waals surface area contributed by atoms with Crippen molar-refractivity contribution < 1.29 is 9.53 Å². The molecule has 1 aliphatic heterocycles. The number of benzene rings is 2. The van der Waals surface area contributed by atoms with Crippen LogP contribution in [0.1, 0.15) is 25.0 Å². The molecule has 2 aromatic carbocycles. The number of ether oxygens (including phenoxy) is 1. The lowest BCUT2D eigenvalue weighted by molar-refractivity contribution is 0.207. The van der Waals surface area contributed by atoms with Gasteiger partial charge in [-0.2, -0.15) is 0 Å². The first-order chi connectivity index (χ1) is 12.9. The average molecular weight is 367 g/mol. The second-order valence-corrected chi connectivity index (χ2v) is 7.36. The smallest absolute Gasteiger partial charge is 0.321 e. The van der Waals surface area contributed by atoms with Crippen LogP contribution < -0.4 is 15.0 Å². The Balaban J connectivity index is 1.61. The van der Waals surface area contributed by atoms with Gasteiger partial charge in [0.15, 0.2) is 0 Å². The second-order valence-electron chi connectivity index (χ2n) is 7.36. The third-order valence-electron chi connectivity index (χ3n) is 4.76. The van der Waals surface area contributed by atoms with Gasteiger partial charge in [-0.25, -0.2) is 4.79 Å². The maximum Gasteiger partial charge on any atom is 0.321 e. The summed E-state index contributed by atoms with van der Waals surface area (Å²) in [7, 11) is 0. The minimum absolute atomic E-state index is 0.0340. The molecule has 5 heteroatoms. The molecular formula is C22H29N3O2. The van der Waals surface area contributed by atoms with Crippen molar-refractivity contribution in [2.45, 2.75) is 33.8 Å². The minimum Gasteiger partial charge on any atom is -0.489 e. The van der Waals surface area contributed by atoms with Gasteiger partial charge in [0, 0.05) is 31.9 Å². The summed E-state index contributed by atoms with van der Waals surface area (Å²) in [5.74, 6) is 0.903. The number of carbonyl (C=O) groups excluding carboxylic acids is 1. The van der Waals surface area contributed by atoms with E-state index in [4.69, 9.17) is 4.74 Å². The summed E-state index contributed by atoms with van der Waals surface area (Å²) < 4.78 is 5.94. The molecule has 0 saturated carbocycles. The molecule has 1 saturated heterocycles. The van der Waals surface area contributed by atoms with Gasteiger partial charge >= 0.3 is 6.03 Å². The molecule has 0 aromatic heterocycles. The van der Waals surface area contributed by atoms with Gasteiger partial charge in [-0.1, -0.05) is 29.8 Å². The molecule has 1 aliphatic rings. The van der Waals surface area contributed by atoms with Crippen molar-refractivity contribution in [1.29, 1.82) is 0 Å². The van der Waals surface area contributed by atoms with Gasteiger partial charge in [0.2, 0.25) is 0 Å². The third-order valence-corrected chi connectivity index (χ3v) is 4.76. The van der Waals surface area contributed by atoms with E-state index in [0.29, 0.717) is 13.1 Å². The van der Waals surface area contributed by atoms with Gasteiger partial charge in [0.05, 0.1) is 11.8 Å². The first-order valence-electron chi connectivity index (χ1n) is 9.58. The van der Waals surface area contributed by atoms with Crippen molar-refractivity contribution in [2.75, 3.05) is 36.4 Å². The number of carbonyl (C=O) groups is 1. The summed E-state index contributed by atoms with van der Waals surface area (Å²) in [6.45, 7) is 11.1. The lowest BCUT2D eigenvalue weighted by Gasteiger charge is -2.36. The van der Waals surface area contributed by atoms with Crippen LogP contribution in [0.3, 0.4) is 0 Å². The van der Waals surface area contributed by atoms with Crippen molar-refractivity contribution in [3.63, 3.8) is 0 Å². The van der Waals surface area contributed by atoms with E-state index in [-0.39, 0.29) is 12.1 Å². The fourth-order valence-corrected chi connectivity index (χ4v) is 3.37. The lowest BCUT2D eigenvalue weighted by atomic mass is 10.1. The van der Waals surface area contributed by atoms with Crippen LogP contribution >= 0.6 is 0 Å². The number of para-hydroxylation sites is 2. The average Bonchev–Trinajstić information content (AvgIpc) is 2.64. The summed E-state index contributed by atoms with van der Waals surface area (Å²) in [5, 5.41) is 3.04. The summed E-state index contributed by atoms with van der Waals surface area (Å²) in [5.41, 5.74) is 4.26. The topological polar surface area (TPSA) is 44.8 Å². The zero-order chi connectivity index (χ0) is 19.4. The number of rotatable bonds is 4. The third kappa shape index (κ3) is 4.73. The Labute approximate surface area is 161 Å². The summed E-state index contributed by atoms with van der Waals surface area (Å²) in [4.78, 5) is 16.8. The highest BCUT2D eigenvalue weighted by Crippen LogP contribution is 2.29. The molecule has 0 radical (unpaired) electrons. The number of anilines is 2. The van der Waals surface area contributed by atoms with Crippen LogP contribution in [0.15, 0.2) is 42.5 Å². The molecule has 1 N–H and O–H groups in total. The molecular weight excluding hydrogens is 338 g/mol. The van der Waals surface area contributed by atoms with E-state index in [1.807, 2.05) is 56.0 Å². The molecule has 2 amide bonds. The van der Waals surface area contributed by atoms with Crippen LogP contribution in [0.5, 0.6) is 5.75 Å². The molecule has 0 aliphatic carbocycles. The van der Waals surface area contributed by atoms with Gasteiger partial charge < -0.3 is 19.9 Å². The fraction of sp³-hybridized carbons (Fsp3) is 0.409. The predicted octanol–water partition coefficient (Wildman–Crippen LogP) is 4.44. The van der Waals surface area contributed by atoms with Crippen LogP contribution in [-0.4, -0.2) is 43.2 Å². The first kappa shape index (κ1) is 19.1. The number of nitrogens with one attached hydrogen (secondary N) is 1. The number of aryl methyl sites for hydroxylation is 2. The van der Waals surface area contributed by atoms with Crippen molar-refractivity contribution in [3.8, 4) is 5.75 Å². The predicted molar refractivity (Wildman–Crippen MR) is 111 cm³/mol. The van der Waals surface area contributed by atoms with Gasteiger partial charge in [-0.3, -0.25) is 0 Å². The standard InChI is InChI=1S/C22H29N3O2/c1-16(2)27-21-8-6-5-7-20(21)24-11-13-25(14-12-24)22(26)23-19-10-9-17(3)15-18(19)4/h5-10,15-16H,11-14H2,1-4H3,(H,23,26). The molecule has 0 atom stereocenters. The Morgan fingerprint density at radius 2 is 1.74 bits per heavy atom. The van der Waals surface area contributed by atoms with Crippen molar-refractivity contribution in [2.24, 2.45) is 0 Å². The van der Waals surface area contributed by atoms with E-state index in [0.717, 1.165) is 35.8 Å². The zero-order valence-electron chi connectivity index (χ0n) is 16.7. The summed E-state index contributed by atoms with van der Waals surface area (Å²) in [6.07, 6.45) is 0.135. The van der Waals surface area contributed by atoms with E-state index in [9.17, 15) is 4.79 Å². The molecule has 1 fully saturated rings. The van der Waals surface area contributed by atoms with Crippen molar-refractivity contribution in [3.05, 3.63) is 53.6 Å². The Morgan fingerprint density at radius 3 is 2.41 bits per heavy atom. The molecule has 0 unspecified atom stereocenters. The van der Waals surface area contributed by atoms with Crippen LogP contribution in [0.2, 0.25) is 0 Å². The maximum atomic E-state index is 12.6. The molecule has 0 spiro atoms. The second kappa shape index (κ2) is 8.33. The molecule has 3 rings (SSSR count). The highest BCUT2D eigenvalue weighted by atomic mass is 16.5. The minimum atomic E-state index is -0.0340. The van der Waals surface area contributed by atoms with Crippen molar-refractivity contribution in [1.82, 2.24) is 4.90 Å². The molecule has 1 heterocycles. The Hall–Kier alpha value is -2.69. The quantitative estimate of drug-likeness (QED) is 0.869. The van der Waals surface area contributed by atoms with E-state index in [2.05, 4.69) is 29.3 Å². The van der Waals surface area contributed by atoms with Gasteiger partial charge in [-0.05, 0) is 51.5 Å². The molecule has 2 aromatic rings. The van der Waals surface area contributed by atoms with Gasteiger partial charge in [-0.15, -0.1) is 0 Å². The summed E-state index contributed by atoms with van der Waals surface area (Å²) >= 11 is 0. The Bertz CT molecular complexity index is 796. The molecule has 144 valence electrons. The molecule has 5 nitrogen and oxygen atoms in total. The van der Waals surface area contributed by atoms with Crippen LogP contribution in [0.25, 0.3) is 0 Å². The lowest BCUT2D eigenvalue weighted by Crippen LogP contribution is -2.50. The van der Waals surface area contributed by atoms with Crippen LogP contribution in [0, 0.1) is 13.8 Å². The van der Waals surface area contributed by atoms with E-state index >= 15 is 0 Å². The zero-order valence-corrected chi connectivity index (χ0v) is 16.7. The SMILES string of the molecule is Cc1ccc(NC(=O)N2CCN(c3ccccc3OC(C)C)CC2)c(C)c1. The number of nitrogens with zero attached hydrogens (tertiary/aromatic N) is 2. The van der Waals surface area contributed by atoms with E-state index < -0.39 is 0 Å². The molecule has 0 bridgehead atoms. The fourth-order valence-electron chi connectivity index (χ4n) is 3.37. The Kier molecular flexibility index (Phi) is 5.89. The van der Waals surface area contributed by atoms with Crippen LogP contribution in [-0.2, 0) is 0 Å². The number of hydrogen-bond donors (Lipinski definition) is 1. The van der Waals surface area contributed by atoms with Crippen molar-refractivity contribution >= 4 is 17.4 Å². The van der Waals surface area contributed by atoms with Gasteiger partial charge in [0.25, 0.3) is 0 Å². The maximum absolute atomic E-state index is 12.6. The van der Waals surface area contributed by atoms with Crippen LogP contribution in [0.4, 0.5) is 16.2 Å². The van der Waals surface area contributed by atoms with Gasteiger partial charge in [0.1, 0.15) is 5.75 Å². The highest BCUT2D eigenvalue weighted by molar-refractivity contribution is 5.90. The van der Waals surface area contributed by atoms with E-state index in [1.54, 1.807) is 0 Å². The summed E-state index contributed by atoms with van der Waals surface area (Å²) in [6, 6.07) is 14.2. The largest absolute Gasteiger partial charge is 0.489 e. The normalized spacial score (nSPS) is 14.4. The number of piperazine rings is 1. The Morgan fingerprint density at radius 1 is 1.04 bits per heavy atom. The number of urea groups is 1. The first-order valence-corrected chi connectivity index (χ1v) is 9.58. The monoisotopic (exact) mass is 367 g/mol. The number of amides is 2.